The van der Waals surface area contributed by atoms with Crippen molar-refractivity contribution in [2.45, 2.75) is 123 Å². The first-order chi connectivity index (χ1) is 20.2. The Hall–Kier alpha value is -2.09. The van der Waals surface area contributed by atoms with E-state index in [1.54, 1.807) is 6.20 Å². The number of carbonyl (C=O) groups is 2. The molecule has 1 saturated heterocycles. The molecule has 0 radical (unpaired) electrons. The van der Waals surface area contributed by atoms with Gasteiger partial charge in [-0.2, -0.15) is 5.10 Å². The van der Waals surface area contributed by atoms with Gasteiger partial charge in [0.15, 0.2) is 0 Å². The van der Waals surface area contributed by atoms with Gasteiger partial charge in [0.2, 0.25) is 11.8 Å². The molecule has 6 fully saturated rings. The zero-order chi connectivity index (χ0) is 29.3. The quantitative estimate of drug-likeness (QED) is 0.386. The molecule has 0 spiro atoms. The maximum Gasteiger partial charge on any atom is 0.258 e. The Bertz CT molecular complexity index is 1050. The number of piperidine rings is 1. The Morgan fingerprint density at radius 3 is 2.21 bits per heavy atom. The third kappa shape index (κ3) is 7.34. The summed E-state index contributed by atoms with van der Waals surface area (Å²) in [4.78, 5) is 28.6. The molecule has 42 heavy (non-hydrogen) atoms. The van der Waals surface area contributed by atoms with Crippen LogP contribution >= 0.6 is 0 Å². The topological polar surface area (TPSA) is 88.5 Å². The highest BCUT2D eigenvalue weighted by Crippen LogP contribution is 2.53. The number of aromatic nitrogens is 2. The molecular formula is C34H55N5O3. The molecule has 2 amide bonds. The van der Waals surface area contributed by atoms with E-state index >= 15 is 0 Å². The first-order valence-corrected chi connectivity index (χ1v) is 17.2. The molecule has 8 nitrogen and oxygen atoms in total. The summed E-state index contributed by atoms with van der Waals surface area (Å²) >= 11 is 0. The van der Waals surface area contributed by atoms with Gasteiger partial charge in [0.25, 0.3) is 5.91 Å². The SMILES string of the molecule is CC(C)(C)CC(=O)NC1CCN(CCn2ncc(C(=O)NC3C4CC5CC(C4)CC3C5)c2OCC2CCCCC2)CC1. The van der Waals surface area contributed by atoms with Gasteiger partial charge in [-0.15, -0.1) is 0 Å². The lowest BCUT2D eigenvalue weighted by Crippen LogP contribution is -2.55. The van der Waals surface area contributed by atoms with E-state index in [2.05, 4.69) is 36.3 Å². The Kier molecular flexibility index (Phi) is 9.18. The van der Waals surface area contributed by atoms with Gasteiger partial charge in [-0.25, -0.2) is 4.68 Å². The molecule has 5 saturated carbocycles. The van der Waals surface area contributed by atoms with E-state index in [0.717, 1.165) is 44.3 Å². The van der Waals surface area contributed by atoms with Crippen LogP contribution in [0.4, 0.5) is 0 Å². The molecule has 4 bridgehead atoms. The molecule has 1 aromatic rings. The third-order valence-corrected chi connectivity index (χ3v) is 11.0. The fourth-order valence-corrected chi connectivity index (χ4v) is 9.08. The van der Waals surface area contributed by atoms with Gasteiger partial charge in [0.1, 0.15) is 5.56 Å². The molecule has 7 rings (SSSR count). The van der Waals surface area contributed by atoms with E-state index in [1.807, 2.05) is 4.68 Å². The highest BCUT2D eigenvalue weighted by molar-refractivity contribution is 5.96. The maximum atomic E-state index is 13.7. The van der Waals surface area contributed by atoms with Gasteiger partial charge in [-0.3, -0.25) is 9.59 Å². The predicted octanol–water partition coefficient (Wildman–Crippen LogP) is 5.41. The number of hydrogen-bond acceptors (Lipinski definition) is 5. The van der Waals surface area contributed by atoms with Crippen LogP contribution in [-0.2, 0) is 11.3 Å². The average molecular weight is 582 g/mol. The van der Waals surface area contributed by atoms with Crippen molar-refractivity contribution in [2.75, 3.05) is 26.2 Å². The van der Waals surface area contributed by atoms with Crippen LogP contribution in [0.2, 0.25) is 0 Å². The highest BCUT2D eigenvalue weighted by atomic mass is 16.5. The number of hydrogen-bond donors (Lipinski definition) is 2. The van der Waals surface area contributed by atoms with E-state index < -0.39 is 0 Å². The van der Waals surface area contributed by atoms with Crippen molar-refractivity contribution in [1.29, 1.82) is 0 Å². The molecule has 0 atom stereocenters. The van der Waals surface area contributed by atoms with Crippen LogP contribution in [-0.4, -0.2) is 64.8 Å². The predicted molar refractivity (Wildman–Crippen MR) is 164 cm³/mol. The number of rotatable bonds is 10. The molecule has 6 aliphatic rings. The Morgan fingerprint density at radius 1 is 0.905 bits per heavy atom. The lowest BCUT2D eigenvalue weighted by Gasteiger charge is -2.54. The average Bonchev–Trinajstić information content (AvgIpc) is 3.35. The minimum atomic E-state index is 0.00387. The van der Waals surface area contributed by atoms with Crippen LogP contribution in [0, 0.1) is 35.0 Å². The Labute approximate surface area is 253 Å². The molecule has 1 aromatic heterocycles. The number of nitrogens with one attached hydrogen (secondary N) is 2. The number of likely N-dealkylation sites (tertiary alicyclic amines) is 1. The summed E-state index contributed by atoms with van der Waals surface area (Å²) in [5, 5.41) is 11.4. The van der Waals surface area contributed by atoms with Crippen LogP contribution in [0.5, 0.6) is 5.88 Å². The van der Waals surface area contributed by atoms with Gasteiger partial charge < -0.3 is 20.3 Å². The number of ether oxygens (including phenoxy) is 1. The van der Waals surface area contributed by atoms with E-state index in [4.69, 9.17) is 9.84 Å². The first kappa shape index (κ1) is 30.0. The summed E-state index contributed by atoms with van der Waals surface area (Å²) in [6.07, 6.45) is 17.1. The Morgan fingerprint density at radius 2 is 1.57 bits per heavy atom. The molecule has 234 valence electrons. The summed E-state index contributed by atoms with van der Waals surface area (Å²) in [5.74, 6) is 4.47. The third-order valence-electron chi connectivity index (χ3n) is 11.0. The van der Waals surface area contributed by atoms with Gasteiger partial charge in [-0.1, -0.05) is 40.0 Å². The second-order valence-electron chi connectivity index (χ2n) is 15.8. The summed E-state index contributed by atoms with van der Waals surface area (Å²) in [5.41, 5.74) is 0.622. The van der Waals surface area contributed by atoms with Crippen molar-refractivity contribution in [3.8, 4) is 5.88 Å². The summed E-state index contributed by atoms with van der Waals surface area (Å²) in [7, 11) is 0. The standard InChI is InChI=1S/C34H55N5O3/c1-34(2,3)20-30(40)36-28-9-11-38(12-10-28)13-14-39-33(42-22-23-7-5-4-6-8-23)29(21-35-39)32(41)37-31-26-16-24-15-25(18-26)19-27(31)17-24/h21,23-28,31H,4-20,22H2,1-3H3,(H,36,40)(H,37,41). The normalized spacial score (nSPS) is 30.4. The van der Waals surface area contributed by atoms with Gasteiger partial charge >= 0.3 is 0 Å². The Balaban J connectivity index is 1.06. The summed E-state index contributed by atoms with van der Waals surface area (Å²) in [6, 6.07) is 0.570. The maximum absolute atomic E-state index is 13.7. The molecule has 1 aliphatic heterocycles. The number of carbonyl (C=O) groups excluding carboxylic acids is 2. The fraction of sp³-hybridized carbons (Fsp3) is 0.853. The van der Waals surface area contributed by atoms with Crippen LogP contribution in [0.3, 0.4) is 0 Å². The van der Waals surface area contributed by atoms with Crippen LogP contribution < -0.4 is 15.4 Å². The molecule has 0 aromatic carbocycles. The van der Waals surface area contributed by atoms with Gasteiger partial charge in [0.05, 0.1) is 19.3 Å². The monoisotopic (exact) mass is 581 g/mol. The zero-order valence-corrected chi connectivity index (χ0v) is 26.4. The lowest BCUT2D eigenvalue weighted by molar-refractivity contribution is -0.123. The lowest BCUT2D eigenvalue weighted by atomic mass is 9.54. The van der Waals surface area contributed by atoms with Crippen LogP contribution in [0.1, 0.15) is 115 Å². The molecule has 8 heteroatoms. The zero-order valence-electron chi connectivity index (χ0n) is 26.4. The van der Waals surface area contributed by atoms with E-state index in [1.165, 1.54) is 64.2 Å². The largest absolute Gasteiger partial charge is 0.477 e. The number of amides is 2. The second-order valence-corrected chi connectivity index (χ2v) is 15.8. The highest BCUT2D eigenvalue weighted by Gasteiger charge is 2.48. The van der Waals surface area contributed by atoms with Crippen LogP contribution in [0.15, 0.2) is 6.20 Å². The van der Waals surface area contributed by atoms with Crippen molar-refractivity contribution in [3.05, 3.63) is 11.8 Å². The summed E-state index contributed by atoms with van der Waals surface area (Å²) < 4.78 is 8.43. The van der Waals surface area contributed by atoms with E-state index in [9.17, 15) is 9.59 Å². The molecule has 5 aliphatic carbocycles. The van der Waals surface area contributed by atoms with E-state index in [0.29, 0.717) is 54.8 Å². The van der Waals surface area contributed by atoms with Crippen molar-refractivity contribution in [3.63, 3.8) is 0 Å². The fourth-order valence-electron chi connectivity index (χ4n) is 9.08. The van der Waals surface area contributed by atoms with Crippen LogP contribution in [0.25, 0.3) is 0 Å². The molecule has 2 N–H and O–H groups in total. The minimum absolute atomic E-state index is 0.00387. The molecular weight excluding hydrogens is 526 g/mol. The van der Waals surface area contributed by atoms with Crippen molar-refractivity contribution < 1.29 is 14.3 Å². The molecule has 0 unspecified atom stereocenters. The molecule has 2 heterocycles. The van der Waals surface area contributed by atoms with Crippen molar-refractivity contribution in [1.82, 2.24) is 25.3 Å². The van der Waals surface area contributed by atoms with Crippen molar-refractivity contribution >= 4 is 11.8 Å². The minimum Gasteiger partial charge on any atom is -0.477 e. The number of nitrogens with zero attached hydrogens (tertiary/aromatic N) is 3. The second kappa shape index (κ2) is 12.9. The van der Waals surface area contributed by atoms with Gasteiger partial charge in [0, 0.05) is 38.1 Å². The first-order valence-electron chi connectivity index (χ1n) is 17.2. The van der Waals surface area contributed by atoms with Gasteiger partial charge in [-0.05, 0) is 92.8 Å². The van der Waals surface area contributed by atoms with Crippen molar-refractivity contribution in [2.24, 2.45) is 35.0 Å². The smallest absolute Gasteiger partial charge is 0.258 e. The summed E-state index contributed by atoms with van der Waals surface area (Å²) in [6.45, 7) is 10.5. The van der Waals surface area contributed by atoms with E-state index in [-0.39, 0.29) is 23.3 Å².